The Hall–Kier alpha value is -1.50. The molecular weight excluding hydrogens is 244 g/mol. The van der Waals surface area contributed by atoms with Crippen molar-refractivity contribution in [1.29, 1.82) is 0 Å². The molecule has 0 radical (unpaired) electrons. The van der Waals surface area contributed by atoms with E-state index < -0.39 is 17.9 Å². The zero-order valence-electron chi connectivity index (χ0n) is 9.14. The third-order valence-corrected chi connectivity index (χ3v) is 3.53. The first-order chi connectivity index (χ1) is 8.08. The number of carbonyl (C=O) groups excluding carboxylic acids is 2. The summed E-state index contributed by atoms with van der Waals surface area (Å²) in [5, 5.41) is 13.3. The topological polar surface area (TPSA) is 95.5 Å². The van der Waals surface area contributed by atoms with Crippen molar-refractivity contribution < 1.29 is 19.5 Å². The Morgan fingerprint density at radius 2 is 2.12 bits per heavy atom. The van der Waals surface area contributed by atoms with E-state index >= 15 is 0 Å². The van der Waals surface area contributed by atoms with Crippen LogP contribution >= 0.6 is 11.8 Å². The molecule has 1 heterocycles. The van der Waals surface area contributed by atoms with Crippen molar-refractivity contribution in [3.05, 3.63) is 12.2 Å². The molecule has 0 bridgehead atoms. The maximum atomic E-state index is 11.2. The molecule has 0 aromatic heterocycles. The van der Waals surface area contributed by atoms with E-state index in [1.165, 1.54) is 0 Å². The highest BCUT2D eigenvalue weighted by atomic mass is 32.2. The fourth-order valence-corrected chi connectivity index (χ4v) is 2.56. The Labute approximate surface area is 103 Å². The van der Waals surface area contributed by atoms with Crippen molar-refractivity contribution in [2.24, 2.45) is 0 Å². The molecule has 1 aliphatic rings. The zero-order valence-corrected chi connectivity index (χ0v) is 9.96. The standard InChI is InChI=1S/C10H14N2O4S/c13-8(3-4-9(14)15)12-10(16)11-6-7-2-1-5-17-7/h3-4,7H,1-2,5-6H2,(H,14,15)(H2,11,12,13,16)/b4-3+. The lowest BCUT2D eigenvalue weighted by Crippen LogP contribution is -2.41. The molecular formula is C10H14N2O4S. The molecule has 1 fully saturated rings. The minimum atomic E-state index is -1.23. The predicted molar refractivity (Wildman–Crippen MR) is 63.8 cm³/mol. The number of carboxylic acid groups (broad SMARTS) is 1. The average molecular weight is 258 g/mol. The summed E-state index contributed by atoms with van der Waals surface area (Å²) >= 11 is 1.80. The Bertz CT molecular complexity index is 337. The van der Waals surface area contributed by atoms with Gasteiger partial charge in [-0.1, -0.05) is 0 Å². The molecule has 1 unspecified atom stereocenters. The third-order valence-electron chi connectivity index (χ3n) is 2.13. The van der Waals surface area contributed by atoms with Crippen molar-refractivity contribution in [2.75, 3.05) is 12.3 Å². The molecule has 1 saturated heterocycles. The molecule has 0 aliphatic carbocycles. The largest absolute Gasteiger partial charge is 0.478 e. The maximum absolute atomic E-state index is 11.2. The van der Waals surface area contributed by atoms with Gasteiger partial charge >= 0.3 is 12.0 Å². The Morgan fingerprint density at radius 3 is 2.71 bits per heavy atom. The van der Waals surface area contributed by atoms with Crippen LogP contribution in [0.4, 0.5) is 4.79 Å². The van der Waals surface area contributed by atoms with Gasteiger partial charge < -0.3 is 10.4 Å². The normalized spacial score (nSPS) is 19.2. The summed E-state index contributed by atoms with van der Waals surface area (Å²) in [5.41, 5.74) is 0. The van der Waals surface area contributed by atoms with E-state index in [9.17, 15) is 14.4 Å². The number of aliphatic carboxylic acids is 1. The lowest BCUT2D eigenvalue weighted by atomic mass is 10.2. The summed E-state index contributed by atoms with van der Waals surface area (Å²) in [4.78, 5) is 32.4. The summed E-state index contributed by atoms with van der Waals surface area (Å²) in [6.07, 6.45) is 3.69. The quantitative estimate of drug-likeness (QED) is 0.632. The molecule has 6 nitrogen and oxygen atoms in total. The molecule has 94 valence electrons. The number of thioether (sulfide) groups is 1. The number of carbonyl (C=O) groups is 3. The van der Waals surface area contributed by atoms with Crippen LogP contribution in [0.1, 0.15) is 12.8 Å². The second-order valence-electron chi connectivity index (χ2n) is 3.51. The minimum absolute atomic E-state index is 0.408. The minimum Gasteiger partial charge on any atom is -0.478 e. The van der Waals surface area contributed by atoms with Crippen LogP contribution in [0, 0.1) is 0 Å². The van der Waals surface area contributed by atoms with Crippen LogP contribution in [-0.2, 0) is 9.59 Å². The number of rotatable bonds is 4. The summed E-state index contributed by atoms with van der Waals surface area (Å²) in [5.74, 6) is -0.874. The number of hydrogen-bond donors (Lipinski definition) is 3. The van der Waals surface area contributed by atoms with Crippen molar-refractivity contribution in [1.82, 2.24) is 10.6 Å². The summed E-state index contributed by atoms with van der Waals surface area (Å²) in [7, 11) is 0. The van der Waals surface area contributed by atoms with Crippen LogP contribution in [0.25, 0.3) is 0 Å². The van der Waals surface area contributed by atoms with Crippen molar-refractivity contribution in [2.45, 2.75) is 18.1 Å². The van der Waals surface area contributed by atoms with Gasteiger partial charge in [-0.2, -0.15) is 11.8 Å². The first-order valence-electron chi connectivity index (χ1n) is 5.19. The van der Waals surface area contributed by atoms with E-state index in [0.717, 1.165) is 24.7 Å². The van der Waals surface area contributed by atoms with Crippen molar-refractivity contribution in [3.63, 3.8) is 0 Å². The van der Waals surface area contributed by atoms with Crippen LogP contribution in [0.2, 0.25) is 0 Å². The molecule has 0 saturated carbocycles. The Balaban J connectivity index is 2.19. The highest BCUT2D eigenvalue weighted by Crippen LogP contribution is 2.25. The van der Waals surface area contributed by atoms with Crippen molar-refractivity contribution in [3.8, 4) is 0 Å². The highest BCUT2D eigenvalue weighted by molar-refractivity contribution is 8.00. The van der Waals surface area contributed by atoms with Crippen LogP contribution in [0.5, 0.6) is 0 Å². The van der Waals surface area contributed by atoms with Gasteiger partial charge in [0.05, 0.1) is 0 Å². The fourth-order valence-electron chi connectivity index (χ4n) is 1.36. The third kappa shape index (κ3) is 5.96. The van der Waals surface area contributed by atoms with Crippen LogP contribution in [-0.4, -0.2) is 40.6 Å². The smallest absolute Gasteiger partial charge is 0.328 e. The molecule has 0 aromatic carbocycles. The van der Waals surface area contributed by atoms with Gasteiger partial charge in [-0.25, -0.2) is 9.59 Å². The van der Waals surface area contributed by atoms with Gasteiger partial charge in [0.15, 0.2) is 0 Å². The van der Waals surface area contributed by atoms with E-state index in [4.69, 9.17) is 5.11 Å². The van der Waals surface area contributed by atoms with Gasteiger partial charge in [-0.3, -0.25) is 10.1 Å². The van der Waals surface area contributed by atoms with Gasteiger partial charge in [0.25, 0.3) is 5.91 Å². The molecule has 1 rings (SSSR count). The number of amides is 3. The second kappa shape index (κ2) is 6.95. The molecule has 7 heteroatoms. The molecule has 0 aromatic rings. The summed E-state index contributed by atoms with van der Waals surface area (Å²) in [6, 6.07) is -0.600. The average Bonchev–Trinajstić information content (AvgIpc) is 2.76. The van der Waals surface area contributed by atoms with Gasteiger partial charge in [-0.05, 0) is 18.6 Å². The fraction of sp³-hybridized carbons (Fsp3) is 0.500. The monoisotopic (exact) mass is 258 g/mol. The van der Waals surface area contributed by atoms with Crippen LogP contribution in [0.3, 0.4) is 0 Å². The van der Waals surface area contributed by atoms with E-state index in [2.05, 4.69) is 5.32 Å². The zero-order chi connectivity index (χ0) is 12.7. The molecule has 1 atom stereocenters. The number of carboxylic acids is 1. The first kappa shape index (κ1) is 13.6. The van der Waals surface area contributed by atoms with Crippen LogP contribution < -0.4 is 10.6 Å². The lowest BCUT2D eigenvalue weighted by Gasteiger charge is -2.09. The summed E-state index contributed by atoms with van der Waals surface area (Å²) < 4.78 is 0. The molecule has 17 heavy (non-hydrogen) atoms. The van der Waals surface area contributed by atoms with Gasteiger partial charge in [0, 0.05) is 23.9 Å². The highest BCUT2D eigenvalue weighted by Gasteiger charge is 2.16. The Morgan fingerprint density at radius 1 is 1.35 bits per heavy atom. The SMILES string of the molecule is O=C(O)/C=C/C(=O)NC(=O)NCC1CCCS1. The molecule has 3 amide bonds. The number of urea groups is 1. The predicted octanol–water partition coefficient (Wildman–Crippen LogP) is 0.349. The number of nitrogens with one attached hydrogen (secondary N) is 2. The number of hydrogen-bond acceptors (Lipinski definition) is 4. The lowest BCUT2D eigenvalue weighted by molar-refractivity contribution is -0.131. The van der Waals surface area contributed by atoms with Crippen LogP contribution in [0.15, 0.2) is 12.2 Å². The maximum Gasteiger partial charge on any atom is 0.328 e. The van der Waals surface area contributed by atoms with E-state index in [0.29, 0.717) is 17.9 Å². The first-order valence-corrected chi connectivity index (χ1v) is 6.24. The van der Waals surface area contributed by atoms with Gasteiger partial charge in [-0.15, -0.1) is 0 Å². The molecule has 0 spiro atoms. The molecule has 3 N–H and O–H groups in total. The van der Waals surface area contributed by atoms with E-state index in [-0.39, 0.29) is 0 Å². The molecule has 1 aliphatic heterocycles. The van der Waals surface area contributed by atoms with Crippen molar-refractivity contribution >= 4 is 29.7 Å². The van der Waals surface area contributed by atoms with E-state index in [1.54, 1.807) is 11.8 Å². The second-order valence-corrected chi connectivity index (χ2v) is 4.91. The van der Waals surface area contributed by atoms with Gasteiger partial charge in [0.2, 0.25) is 0 Å². The summed E-state index contributed by atoms with van der Waals surface area (Å²) in [6.45, 7) is 0.520. The van der Waals surface area contributed by atoms with E-state index in [1.807, 2.05) is 5.32 Å². The number of imide groups is 1. The Kier molecular flexibility index (Phi) is 5.55. The van der Waals surface area contributed by atoms with Gasteiger partial charge in [0.1, 0.15) is 0 Å².